The first-order valence-electron chi connectivity index (χ1n) is 21.7. The summed E-state index contributed by atoms with van der Waals surface area (Å²) in [5.74, 6) is 1.78. The molecule has 1 aliphatic heterocycles. The molecule has 0 bridgehead atoms. The van der Waals surface area contributed by atoms with Gasteiger partial charge >= 0.3 is 0 Å². The number of fused-ring (bicyclic) bond motifs is 9. The smallest absolute Gasteiger partial charge is 0.132 e. The van der Waals surface area contributed by atoms with Crippen molar-refractivity contribution in [2.45, 2.75) is 5.41 Å². The molecule has 0 atom stereocenters. The molecular weight excluding hydrogens is 763 g/mol. The van der Waals surface area contributed by atoms with Crippen molar-refractivity contribution in [3.05, 3.63) is 271 Å². The normalized spacial score (nSPS) is 12.7. The van der Waals surface area contributed by atoms with Crippen molar-refractivity contribution in [1.29, 1.82) is 0 Å². The second-order valence-electron chi connectivity index (χ2n) is 16.4. The summed E-state index contributed by atoms with van der Waals surface area (Å²) >= 11 is 0. The molecule has 10 aromatic carbocycles. The van der Waals surface area contributed by atoms with Crippen molar-refractivity contribution in [3.63, 3.8) is 0 Å². The molecule has 2 heteroatoms. The SMILES string of the molecule is c1ccc(-c2ccc(-c3cccc(N(c4ccc(-c5ccccc5)cc4)c4cccc(-c5ccc6c(c5)C5(c7ccccc7O6)c6ccccc6-c6ccccc65)c4)c3)cc2)cc1. The van der Waals surface area contributed by atoms with Crippen LogP contribution < -0.4 is 9.64 Å². The van der Waals surface area contributed by atoms with E-state index in [1.165, 1.54) is 55.6 Å². The summed E-state index contributed by atoms with van der Waals surface area (Å²) in [4.78, 5) is 2.38. The topological polar surface area (TPSA) is 12.5 Å². The molecule has 0 N–H and O–H groups in total. The Bertz CT molecular complexity index is 3250. The fourth-order valence-electron chi connectivity index (χ4n) is 10.1. The van der Waals surface area contributed by atoms with Crippen molar-refractivity contribution in [3.8, 4) is 67.1 Å². The number of hydrogen-bond acceptors (Lipinski definition) is 2. The number of nitrogens with zero attached hydrogens (tertiary/aromatic N) is 1. The zero-order chi connectivity index (χ0) is 41.7. The average molecular weight is 804 g/mol. The summed E-state index contributed by atoms with van der Waals surface area (Å²) in [5, 5.41) is 0. The molecule has 0 fully saturated rings. The number of anilines is 3. The van der Waals surface area contributed by atoms with Crippen LogP contribution in [0.2, 0.25) is 0 Å². The van der Waals surface area contributed by atoms with Crippen molar-refractivity contribution < 1.29 is 4.74 Å². The predicted octanol–water partition coefficient (Wildman–Crippen LogP) is 16.3. The molecule has 12 rings (SSSR count). The minimum Gasteiger partial charge on any atom is -0.457 e. The Hall–Kier alpha value is -8.20. The molecule has 63 heavy (non-hydrogen) atoms. The van der Waals surface area contributed by atoms with Gasteiger partial charge in [-0.15, -0.1) is 0 Å². The van der Waals surface area contributed by atoms with Crippen molar-refractivity contribution in [2.75, 3.05) is 4.90 Å². The molecule has 2 aliphatic rings. The molecule has 0 amide bonds. The Balaban J connectivity index is 0.987. The van der Waals surface area contributed by atoms with E-state index in [0.29, 0.717) is 0 Å². The van der Waals surface area contributed by atoms with Gasteiger partial charge in [0.05, 0.1) is 5.41 Å². The van der Waals surface area contributed by atoms with E-state index in [0.717, 1.165) is 50.8 Å². The minimum absolute atomic E-state index is 0.530. The summed E-state index contributed by atoms with van der Waals surface area (Å²) in [6.07, 6.45) is 0. The molecule has 0 aromatic heterocycles. The molecule has 296 valence electrons. The third-order valence-corrected chi connectivity index (χ3v) is 12.9. The van der Waals surface area contributed by atoms with Crippen LogP contribution in [0.15, 0.2) is 249 Å². The van der Waals surface area contributed by atoms with Gasteiger partial charge in [-0.05, 0) is 121 Å². The lowest BCUT2D eigenvalue weighted by Gasteiger charge is -2.39. The molecule has 0 saturated heterocycles. The number of rotatable bonds is 7. The Kier molecular flexibility index (Phi) is 8.76. The van der Waals surface area contributed by atoms with E-state index in [4.69, 9.17) is 4.74 Å². The molecule has 2 nitrogen and oxygen atoms in total. The highest BCUT2D eigenvalue weighted by atomic mass is 16.5. The zero-order valence-corrected chi connectivity index (χ0v) is 34.5. The highest BCUT2D eigenvalue weighted by molar-refractivity contribution is 5.90. The number of hydrogen-bond donors (Lipinski definition) is 0. The Morgan fingerprint density at radius 1 is 0.254 bits per heavy atom. The molecule has 10 aromatic rings. The lowest BCUT2D eigenvalue weighted by atomic mass is 9.66. The van der Waals surface area contributed by atoms with Gasteiger partial charge < -0.3 is 9.64 Å². The Morgan fingerprint density at radius 3 is 1.24 bits per heavy atom. The molecule has 0 unspecified atom stereocenters. The third-order valence-electron chi connectivity index (χ3n) is 12.9. The predicted molar refractivity (Wildman–Crippen MR) is 260 cm³/mol. The van der Waals surface area contributed by atoms with E-state index in [2.05, 4.69) is 254 Å². The molecule has 1 heterocycles. The molecule has 1 spiro atoms. The summed E-state index contributed by atoms with van der Waals surface area (Å²) in [7, 11) is 0. The average Bonchev–Trinajstić information content (AvgIpc) is 3.65. The van der Waals surface area contributed by atoms with E-state index in [-0.39, 0.29) is 0 Å². The van der Waals surface area contributed by atoms with Gasteiger partial charge in [0.2, 0.25) is 0 Å². The fraction of sp³-hybridized carbons (Fsp3) is 0.0164. The van der Waals surface area contributed by atoms with Crippen LogP contribution in [0.4, 0.5) is 17.1 Å². The lowest BCUT2D eigenvalue weighted by Crippen LogP contribution is -2.32. The molecular formula is C61H41NO. The standard InChI is InChI=1S/C61H41NO/c1-3-15-42(16-4-1)44-29-31-46(32-30-44)47-19-13-21-51(39-47)62(50-36-33-45(34-37-50)43-17-5-2-6-18-43)52-22-14-20-48(40-52)49-35-38-60-58(41-49)61(57-27-11-12-28-59(57)63-60)55-25-9-7-23-53(55)54-24-8-10-26-56(54)61/h1-41H. The lowest BCUT2D eigenvalue weighted by molar-refractivity contribution is 0.436. The van der Waals surface area contributed by atoms with E-state index in [9.17, 15) is 0 Å². The monoisotopic (exact) mass is 803 g/mol. The fourth-order valence-corrected chi connectivity index (χ4v) is 10.1. The van der Waals surface area contributed by atoms with Gasteiger partial charge in [0.15, 0.2) is 0 Å². The van der Waals surface area contributed by atoms with Gasteiger partial charge in [0.25, 0.3) is 0 Å². The summed E-state index contributed by atoms with van der Waals surface area (Å²) < 4.78 is 6.77. The highest BCUT2D eigenvalue weighted by Crippen LogP contribution is 2.62. The Labute approximate surface area is 368 Å². The second-order valence-corrected chi connectivity index (χ2v) is 16.4. The van der Waals surface area contributed by atoms with Crippen LogP contribution in [-0.4, -0.2) is 0 Å². The number of benzene rings is 10. The summed E-state index contributed by atoms with van der Waals surface area (Å²) in [6.45, 7) is 0. The first-order valence-corrected chi connectivity index (χ1v) is 21.7. The van der Waals surface area contributed by atoms with E-state index >= 15 is 0 Å². The number of ether oxygens (including phenoxy) is 1. The van der Waals surface area contributed by atoms with Crippen molar-refractivity contribution in [1.82, 2.24) is 0 Å². The van der Waals surface area contributed by atoms with Crippen LogP contribution in [0.25, 0.3) is 55.6 Å². The van der Waals surface area contributed by atoms with E-state index in [1.54, 1.807) is 0 Å². The quantitative estimate of drug-likeness (QED) is 0.159. The summed E-state index contributed by atoms with van der Waals surface area (Å²) in [5.41, 5.74) is 19.5. The van der Waals surface area contributed by atoms with Crippen LogP contribution in [0.3, 0.4) is 0 Å². The molecule has 0 saturated carbocycles. The van der Waals surface area contributed by atoms with Crippen LogP contribution in [0, 0.1) is 0 Å². The van der Waals surface area contributed by atoms with E-state index < -0.39 is 5.41 Å². The minimum atomic E-state index is -0.530. The van der Waals surface area contributed by atoms with Gasteiger partial charge in [0, 0.05) is 28.2 Å². The largest absolute Gasteiger partial charge is 0.457 e. The molecule has 0 radical (unpaired) electrons. The first-order chi connectivity index (χ1) is 31.2. The maximum Gasteiger partial charge on any atom is 0.132 e. The van der Waals surface area contributed by atoms with Crippen molar-refractivity contribution in [2.24, 2.45) is 0 Å². The van der Waals surface area contributed by atoms with Crippen LogP contribution in [0.5, 0.6) is 11.5 Å². The maximum absolute atomic E-state index is 6.77. The third kappa shape index (κ3) is 6.10. The van der Waals surface area contributed by atoms with Gasteiger partial charge in [-0.2, -0.15) is 0 Å². The first kappa shape index (κ1) is 36.6. The Morgan fingerprint density at radius 2 is 0.651 bits per heavy atom. The summed E-state index contributed by atoms with van der Waals surface area (Å²) in [6, 6.07) is 90.0. The van der Waals surface area contributed by atoms with Crippen LogP contribution >= 0.6 is 0 Å². The van der Waals surface area contributed by atoms with Crippen LogP contribution in [-0.2, 0) is 5.41 Å². The highest BCUT2D eigenvalue weighted by Gasteiger charge is 2.51. The van der Waals surface area contributed by atoms with Gasteiger partial charge in [0.1, 0.15) is 11.5 Å². The maximum atomic E-state index is 6.77. The van der Waals surface area contributed by atoms with Crippen LogP contribution in [0.1, 0.15) is 22.3 Å². The van der Waals surface area contributed by atoms with Crippen molar-refractivity contribution >= 4 is 17.1 Å². The zero-order valence-electron chi connectivity index (χ0n) is 34.5. The van der Waals surface area contributed by atoms with Gasteiger partial charge in [-0.3, -0.25) is 0 Å². The van der Waals surface area contributed by atoms with Gasteiger partial charge in [-0.25, -0.2) is 0 Å². The van der Waals surface area contributed by atoms with Gasteiger partial charge in [-0.1, -0.05) is 194 Å². The number of para-hydroxylation sites is 1. The van der Waals surface area contributed by atoms with E-state index in [1.807, 2.05) is 0 Å². The second kappa shape index (κ2) is 15.1. The molecule has 1 aliphatic carbocycles.